The van der Waals surface area contributed by atoms with Crippen LogP contribution >= 0.6 is 0 Å². The molecule has 3 aliphatic carbocycles. The molecule has 4 aliphatic rings. The highest BCUT2D eigenvalue weighted by Gasteiger charge is 2.50. The number of carbonyl (C=O) groups is 3. The summed E-state index contributed by atoms with van der Waals surface area (Å²) in [6.07, 6.45) is 5.81. The molecule has 2 bridgehead atoms. The Bertz CT molecular complexity index is 731. The average molecular weight is 370 g/mol. The van der Waals surface area contributed by atoms with Crippen molar-refractivity contribution >= 4 is 23.5 Å². The van der Waals surface area contributed by atoms with Crippen LogP contribution < -0.4 is 5.32 Å². The van der Waals surface area contributed by atoms with Gasteiger partial charge in [0, 0.05) is 24.3 Å². The van der Waals surface area contributed by atoms with E-state index < -0.39 is 17.8 Å². The fraction of sp³-hybridized carbons (Fsp3) is 0.571. The first-order valence-corrected chi connectivity index (χ1v) is 9.97. The molecule has 0 radical (unpaired) electrons. The van der Waals surface area contributed by atoms with Gasteiger partial charge in [-0.2, -0.15) is 0 Å². The van der Waals surface area contributed by atoms with Gasteiger partial charge >= 0.3 is 5.97 Å². The zero-order chi connectivity index (χ0) is 19.0. The van der Waals surface area contributed by atoms with E-state index in [1.165, 1.54) is 0 Å². The topological polar surface area (TPSA) is 86.7 Å². The average Bonchev–Trinajstić information content (AvgIpc) is 3.23. The van der Waals surface area contributed by atoms with Crippen molar-refractivity contribution < 1.29 is 19.5 Å². The highest BCUT2D eigenvalue weighted by Crippen LogP contribution is 2.49. The van der Waals surface area contributed by atoms with Crippen molar-refractivity contribution in [3.05, 3.63) is 29.8 Å². The number of amides is 2. The van der Waals surface area contributed by atoms with Gasteiger partial charge in [0.25, 0.3) is 5.91 Å². The Hall–Kier alpha value is -2.37. The van der Waals surface area contributed by atoms with Crippen molar-refractivity contribution in [2.75, 3.05) is 18.4 Å². The summed E-state index contributed by atoms with van der Waals surface area (Å²) in [5, 5.41) is 12.5. The van der Waals surface area contributed by atoms with Gasteiger partial charge in [0.15, 0.2) is 0 Å². The van der Waals surface area contributed by atoms with Crippen molar-refractivity contribution in [1.29, 1.82) is 0 Å². The summed E-state index contributed by atoms with van der Waals surface area (Å²) >= 11 is 0. The molecule has 144 valence electrons. The molecule has 1 saturated heterocycles. The van der Waals surface area contributed by atoms with Gasteiger partial charge in [-0.05, 0) is 74.6 Å². The number of fused-ring (bicyclic) bond motifs is 3. The van der Waals surface area contributed by atoms with E-state index in [-0.39, 0.29) is 23.7 Å². The van der Waals surface area contributed by atoms with Gasteiger partial charge in [0.05, 0.1) is 11.8 Å². The van der Waals surface area contributed by atoms with Crippen LogP contribution in [0.5, 0.6) is 0 Å². The maximum atomic E-state index is 12.9. The summed E-state index contributed by atoms with van der Waals surface area (Å²) in [4.78, 5) is 38.8. The predicted octanol–water partition coefficient (Wildman–Crippen LogP) is 3.00. The first kappa shape index (κ1) is 18.0. The lowest BCUT2D eigenvalue weighted by atomic mass is 9.58. The number of nitrogens with one attached hydrogen (secondary N) is 1. The molecular formula is C21H26N2O4. The van der Waals surface area contributed by atoms with Crippen molar-refractivity contribution in [1.82, 2.24) is 4.90 Å². The van der Waals surface area contributed by atoms with Crippen LogP contribution in [0.15, 0.2) is 24.3 Å². The fourth-order valence-corrected chi connectivity index (χ4v) is 5.21. The Morgan fingerprint density at radius 1 is 0.889 bits per heavy atom. The number of rotatable bonds is 4. The van der Waals surface area contributed by atoms with Crippen molar-refractivity contribution in [2.45, 2.75) is 38.5 Å². The number of anilines is 1. The van der Waals surface area contributed by atoms with E-state index in [1.807, 2.05) is 4.90 Å². The molecule has 27 heavy (non-hydrogen) atoms. The smallest absolute Gasteiger partial charge is 0.307 e. The number of aliphatic carboxylic acids is 1. The van der Waals surface area contributed by atoms with E-state index >= 15 is 0 Å². The van der Waals surface area contributed by atoms with Gasteiger partial charge in [-0.15, -0.1) is 0 Å². The third kappa shape index (κ3) is 3.45. The Labute approximate surface area is 158 Å². The summed E-state index contributed by atoms with van der Waals surface area (Å²) < 4.78 is 0. The van der Waals surface area contributed by atoms with Crippen molar-refractivity contribution in [3.8, 4) is 0 Å². The number of carboxylic acid groups (broad SMARTS) is 1. The number of carbonyl (C=O) groups excluding carboxylic acids is 2. The zero-order valence-electron chi connectivity index (χ0n) is 15.4. The molecule has 1 aliphatic heterocycles. The van der Waals surface area contributed by atoms with Crippen LogP contribution in [0.3, 0.4) is 0 Å². The molecule has 6 heteroatoms. The molecule has 3 saturated carbocycles. The Kier molecular flexibility index (Phi) is 4.89. The van der Waals surface area contributed by atoms with E-state index in [9.17, 15) is 19.5 Å². The molecule has 0 spiro atoms. The number of carboxylic acids is 1. The van der Waals surface area contributed by atoms with E-state index in [1.54, 1.807) is 24.3 Å². The van der Waals surface area contributed by atoms with Crippen molar-refractivity contribution in [3.63, 3.8) is 0 Å². The molecule has 6 nitrogen and oxygen atoms in total. The molecule has 1 heterocycles. The lowest BCUT2D eigenvalue weighted by Crippen LogP contribution is -2.49. The minimum atomic E-state index is -0.851. The van der Waals surface area contributed by atoms with Gasteiger partial charge in [-0.1, -0.05) is 0 Å². The molecule has 2 amide bonds. The number of nitrogens with zero attached hydrogens (tertiary/aromatic N) is 1. The van der Waals surface area contributed by atoms with E-state index in [0.717, 1.165) is 51.6 Å². The molecular weight excluding hydrogens is 344 g/mol. The van der Waals surface area contributed by atoms with Gasteiger partial charge in [0.2, 0.25) is 5.91 Å². The maximum Gasteiger partial charge on any atom is 0.307 e. The minimum Gasteiger partial charge on any atom is -0.481 e. The predicted molar refractivity (Wildman–Crippen MR) is 100 cm³/mol. The highest BCUT2D eigenvalue weighted by molar-refractivity contribution is 5.97. The first-order valence-electron chi connectivity index (χ1n) is 9.97. The third-order valence-corrected chi connectivity index (χ3v) is 6.60. The molecule has 2 atom stereocenters. The zero-order valence-corrected chi connectivity index (χ0v) is 15.4. The van der Waals surface area contributed by atoms with E-state index in [0.29, 0.717) is 11.3 Å². The van der Waals surface area contributed by atoms with Gasteiger partial charge in [-0.25, -0.2) is 0 Å². The van der Waals surface area contributed by atoms with Crippen LogP contribution in [0.1, 0.15) is 48.9 Å². The SMILES string of the molecule is O=C(O)C1C2CCC(CC2)C1C(=O)Nc1ccc(C(=O)N2CCCC2)cc1. The quantitative estimate of drug-likeness (QED) is 0.853. The van der Waals surface area contributed by atoms with Crippen LogP contribution in [0.4, 0.5) is 5.69 Å². The molecule has 5 rings (SSSR count). The summed E-state index contributed by atoms with van der Waals surface area (Å²) in [6.45, 7) is 1.61. The lowest BCUT2D eigenvalue weighted by molar-refractivity contribution is -0.156. The maximum absolute atomic E-state index is 12.9. The van der Waals surface area contributed by atoms with Gasteiger partial charge in [0.1, 0.15) is 0 Å². The summed E-state index contributed by atoms with van der Waals surface area (Å²) in [5.74, 6) is -1.78. The lowest BCUT2D eigenvalue weighted by Gasteiger charge is -2.45. The van der Waals surface area contributed by atoms with E-state index in [2.05, 4.69) is 5.32 Å². The van der Waals surface area contributed by atoms with Crippen LogP contribution in [-0.2, 0) is 9.59 Å². The molecule has 1 aromatic carbocycles. The monoisotopic (exact) mass is 370 g/mol. The van der Waals surface area contributed by atoms with Crippen LogP contribution in [0.25, 0.3) is 0 Å². The third-order valence-electron chi connectivity index (χ3n) is 6.60. The van der Waals surface area contributed by atoms with E-state index in [4.69, 9.17) is 0 Å². The second kappa shape index (κ2) is 7.33. The Balaban J connectivity index is 1.44. The Morgan fingerprint density at radius 3 is 2.00 bits per heavy atom. The standard InChI is InChI=1S/C21H26N2O4/c24-19(17-13-3-5-14(6-4-13)18(17)21(26)27)22-16-9-7-15(8-10-16)20(25)23-11-1-2-12-23/h7-10,13-14,17-18H,1-6,11-12H2,(H,22,24)(H,26,27). The number of likely N-dealkylation sites (tertiary alicyclic amines) is 1. The normalized spacial score (nSPS) is 29.6. The molecule has 2 unspecified atom stereocenters. The molecule has 2 N–H and O–H groups in total. The van der Waals surface area contributed by atoms with Crippen LogP contribution in [0.2, 0.25) is 0 Å². The fourth-order valence-electron chi connectivity index (χ4n) is 5.21. The minimum absolute atomic E-state index is 0.0286. The summed E-state index contributed by atoms with van der Waals surface area (Å²) in [5.41, 5.74) is 1.23. The second-order valence-corrected chi connectivity index (χ2v) is 8.13. The number of hydrogen-bond acceptors (Lipinski definition) is 3. The summed E-state index contributed by atoms with van der Waals surface area (Å²) in [7, 11) is 0. The number of hydrogen-bond donors (Lipinski definition) is 2. The largest absolute Gasteiger partial charge is 0.481 e. The van der Waals surface area contributed by atoms with Gasteiger partial charge in [-0.3, -0.25) is 14.4 Å². The summed E-state index contributed by atoms with van der Waals surface area (Å²) in [6, 6.07) is 6.94. The van der Waals surface area contributed by atoms with Crippen LogP contribution in [0, 0.1) is 23.7 Å². The van der Waals surface area contributed by atoms with Gasteiger partial charge < -0.3 is 15.3 Å². The molecule has 4 fully saturated rings. The molecule has 1 aromatic rings. The first-order chi connectivity index (χ1) is 13.0. The van der Waals surface area contributed by atoms with Crippen LogP contribution in [-0.4, -0.2) is 40.9 Å². The Morgan fingerprint density at radius 2 is 1.44 bits per heavy atom. The second-order valence-electron chi connectivity index (χ2n) is 8.13. The number of benzene rings is 1. The molecule has 0 aromatic heterocycles. The van der Waals surface area contributed by atoms with Crippen molar-refractivity contribution in [2.24, 2.45) is 23.7 Å². The highest BCUT2D eigenvalue weighted by atomic mass is 16.4.